The molecule has 1 heterocycles. The number of carbonyl (C=O) groups is 7. The maximum absolute atomic E-state index is 13.7. The first-order valence-electron chi connectivity index (χ1n) is 16.6. The summed E-state index contributed by atoms with van der Waals surface area (Å²) in [5.74, 6) is -5.79. The van der Waals surface area contributed by atoms with E-state index in [4.69, 9.17) is 21.1 Å². The topological polar surface area (TPSA) is 156 Å². The molecule has 49 heavy (non-hydrogen) atoms. The Kier molecular flexibility index (Phi) is 14.9. The summed E-state index contributed by atoms with van der Waals surface area (Å²) in [5, 5.41) is 2.39. The van der Waals surface area contributed by atoms with Crippen LogP contribution in [0.3, 0.4) is 0 Å². The van der Waals surface area contributed by atoms with E-state index in [1.54, 1.807) is 6.07 Å². The van der Waals surface area contributed by atoms with Gasteiger partial charge >= 0.3 is 18.0 Å². The van der Waals surface area contributed by atoms with Crippen LogP contribution >= 0.6 is 11.6 Å². The normalized spacial score (nSPS) is 14.6. The standard InChI is InChI=1S/C36H44ClN3O9/c1-4-5-6-7-8-9-10-11-12-16-22-48-32(44)25(2)49-33(45)28-20-17-21-29(23-28)38-34(46)36(37,31(43)27-18-14-13-15-19-27)40-30(42)24-39(26(3)41)35(40)47/h13-15,17-21,23,25H,4-12,16,22,24H2,1-3H3,(H,38,46). The van der Waals surface area contributed by atoms with Crippen molar-refractivity contribution < 1.29 is 43.0 Å². The van der Waals surface area contributed by atoms with Crippen LogP contribution in [0.15, 0.2) is 54.6 Å². The van der Waals surface area contributed by atoms with Gasteiger partial charge in [-0.05, 0) is 31.5 Å². The minimum atomic E-state index is -2.93. The van der Waals surface area contributed by atoms with Crippen LogP contribution in [0.25, 0.3) is 0 Å². The van der Waals surface area contributed by atoms with Gasteiger partial charge in [0.25, 0.3) is 16.8 Å². The maximum Gasteiger partial charge on any atom is 0.347 e. The van der Waals surface area contributed by atoms with Gasteiger partial charge in [0.1, 0.15) is 6.54 Å². The Morgan fingerprint density at radius 2 is 1.45 bits per heavy atom. The van der Waals surface area contributed by atoms with Crippen molar-refractivity contribution in [1.82, 2.24) is 9.80 Å². The lowest BCUT2D eigenvalue weighted by molar-refractivity contribution is -0.153. The van der Waals surface area contributed by atoms with Gasteiger partial charge in [-0.15, -0.1) is 0 Å². The SMILES string of the molecule is CCCCCCCCCCCCOC(=O)C(C)OC(=O)c1cccc(NC(=O)C(Cl)(C(=O)c2ccccc2)N2C(=O)CN(C(C)=O)C2=O)c1. The minimum Gasteiger partial charge on any atom is -0.463 e. The van der Waals surface area contributed by atoms with E-state index in [1.807, 2.05) is 0 Å². The Balaban J connectivity index is 1.61. The number of esters is 2. The third kappa shape index (κ3) is 10.5. The van der Waals surface area contributed by atoms with E-state index in [-0.39, 0.29) is 28.3 Å². The molecule has 5 amide bonds. The number of ether oxygens (including phenoxy) is 2. The third-order valence-electron chi connectivity index (χ3n) is 8.01. The van der Waals surface area contributed by atoms with E-state index < -0.39 is 59.1 Å². The molecule has 264 valence electrons. The second kappa shape index (κ2) is 18.8. The first-order valence-corrected chi connectivity index (χ1v) is 17.0. The monoisotopic (exact) mass is 697 g/mol. The summed E-state index contributed by atoms with van der Waals surface area (Å²) in [4.78, 5) is 88.5. The first kappa shape index (κ1) is 38.9. The number of imide groups is 2. The summed E-state index contributed by atoms with van der Waals surface area (Å²) >= 11 is 6.64. The maximum atomic E-state index is 13.7. The number of rotatable bonds is 19. The highest BCUT2D eigenvalue weighted by Gasteiger charge is 2.59. The Morgan fingerprint density at radius 3 is 2.04 bits per heavy atom. The van der Waals surface area contributed by atoms with Crippen molar-refractivity contribution in [2.24, 2.45) is 0 Å². The lowest BCUT2D eigenvalue weighted by Gasteiger charge is -2.31. The van der Waals surface area contributed by atoms with Gasteiger partial charge in [0.15, 0.2) is 6.10 Å². The summed E-state index contributed by atoms with van der Waals surface area (Å²) in [7, 11) is 0. The molecule has 1 N–H and O–H groups in total. The third-order valence-corrected chi connectivity index (χ3v) is 8.52. The van der Waals surface area contributed by atoms with Crippen LogP contribution < -0.4 is 5.32 Å². The van der Waals surface area contributed by atoms with E-state index in [9.17, 15) is 33.6 Å². The smallest absolute Gasteiger partial charge is 0.347 e. The molecule has 2 unspecified atom stereocenters. The van der Waals surface area contributed by atoms with Gasteiger partial charge < -0.3 is 14.8 Å². The van der Waals surface area contributed by atoms with Gasteiger partial charge in [-0.1, -0.05) is 113 Å². The summed E-state index contributed by atoms with van der Waals surface area (Å²) in [6.07, 6.45) is 10.2. The molecule has 2 aromatic rings. The van der Waals surface area contributed by atoms with Crippen LogP contribution in [0, 0.1) is 0 Å². The van der Waals surface area contributed by atoms with E-state index >= 15 is 0 Å². The van der Waals surface area contributed by atoms with Crippen LogP contribution in [-0.4, -0.2) is 75.5 Å². The molecular weight excluding hydrogens is 654 g/mol. The number of alkyl halides is 1. The zero-order valence-corrected chi connectivity index (χ0v) is 29.0. The Morgan fingerprint density at radius 1 is 0.857 bits per heavy atom. The summed E-state index contributed by atoms with van der Waals surface area (Å²) in [6.45, 7) is 4.14. The molecule has 2 aromatic carbocycles. The lowest BCUT2D eigenvalue weighted by atomic mass is 10.0. The Bertz CT molecular complexity index is 1520. The number of Topliss-reactive ketones (excluding diaryl/α,β-unsaturated/α-hetero) is 1. The van der Waals surface area contributed by atoms with Crippen LogP contribution in [-0.2, 0) is 28.7 Å². The van der Waals surface area contributed by atoms with Crippen molar-refractivity contribution in [2.75, 3.05) is 18.5 Å². The molecular formula is C36H44ClN3O9. The van der Waals surface area contributed by atoms with Gasteiger partial charge in [-0.25, -0.2) is 19.3 Å². The second-order valence-corrected chi connectivity index (χ2v) is 12.4. The number of benzene rings is 2. The molecule has 0 aromatic heterocycles. The molecule has 0 spiro atoms. The summed E-state index contributed by atoms with van der Waals surface area (Å²) in [6, 6.07) is 11.4. The molecule has 1 aliphatic heterocycles. The number of hydrogen-bond acceptors (Lipinski definition) is 9. The van der Waals surface area contributed by atoms with Crippen LogP contribution in [0.4, 0.5) is 10.5 Å². The number of anilines is 1. The number of urea groups is 1. The molecule has 1 fully saturated rings. The quantitative estimate of drug-likeness (QED) is 0.0340. The van der Waals surface area contributed by atoms with Crippen LogP contribution in [0.2, 0.25) is 0 Å². The minimum absolute atomic E-state index is 0.0379. The zero-order chi connectivity index (χ0) is 36.0. The first-order chi connectivity index (χ1) is 23.4. The molecule has 13 heteroatoms. The summed E-state index contributed by atoms with van der Waals surface area (Å²) in [5.41, 5.74) is -0.178. The molecule has 0 aliphatic carbocycles. The molecule has 1 aliphatic rings. The van der Waals surface area contributed by atoms with Crippen molar-refractivity contribution in [3.05, 3.63) is 65.7 Å². The number of halogens is 1. The van der Waals surface area contributed by atoms with Crippen molar-refractivity contribution in [3.63, 3.8) is 0 Å². The fraction of sp³-hybridized carbons (Fsp3) is 0.472. The predicted octanol–water partition coefficient (Wildman–Crippen LogP) is 6.26. The molecule has 12 nitrogen and oxygen atoms in total. The molecule has 3 rings (SSSR count). The number of hydrogen-bond donors (Lipinski definition) is 1. The van der Waals surface area contributed by atoms with Crippen LogP contribution in [0.1, 0.15) is 106 Å². The van der Waals surface area contributed by atoms with Crippen molar-refractivity contribution in [3.8, 4) is 0 Å². The highest BCUT2D eigenvalue weighted by atomic mass is 35.5. The number of unbranched alkanes of at least 4 members (excludes halogenated alkanes) is 9. The largest absolute Gasteiger partial charge is 0.463 e. The van der Waals surface area contributed by atoms with Gasteiger partial charge in [-0.2, -0.15) is 0 Å². The molecule has 2 atom stereocenters. The van der Waals surface area contributed by atoms with E-state index in [0.29, 0.717) is 11.3 Å². The lowest BCUT2D eigenvalue weighted by Crippen LogP contribution is -2.60. The van der Waals surface area contributed by atoms with Crippen molar-refractivity contribution >= 4 is 58.8 Å². The number of carbonyl (C=O) groups excluding carboxylic acids is 7. The number of amides is 5. The molecule has 0 saturated carbocycles. The molecule has 1 saturated heterocycles. The second-order valence-electron chi connectivity index (χ2n) is 11.9. The highest BCUT2D eigenvalue weighted by molar-refractivity contribution is 6.51. The zero-order valence-electron chi connectivity index (χ0n) is 28.2. The van der Waals surface area contributed by atoms with Crippen molar-refractivity contribution in [1.29, 1.82) is 0 Å². The van der Waals surface area contributed by atoms with Gasteiger partial charge in [0.05, 0.1) is 12.2 Å². The number of ketones is 1. The Labute approximate surface area is 291 Å². The van der Waals surface area contributed by atoms with E-state index in [1.165, 1.54) is 94.0 Å². The van der Waals surface area contributed by atoms with E-state index in [0.717, 1.165) is 26.2 Å². The Hall–Kier alpha value is -4.58. The van der Waals surface area contributed by atoms with Gasteiger partial charge in [0.2, 0.25) is 11.7 Å². The summed E-state index contributed by atoms with van der Waals surface area (Å²) < 4.78 is 10.5. The van der Waals surface area contributed by atoms with Crippen molar-refractivity contribution in [2.45, 2.75) is 96.1 Å². The number of nitrogens with one attached hydrogen (secondary N) is 1. The van der Waals surface area contributed by atoms with Gasteiger partial charge in [-0.3, -0.25) is 24.1 Å². The number of nitrogens with zero attached hydrogens (tertiary/aromatic N) is 2. The average molecular weight is 698 g/mol. The fourth-order valence-corrected chi connectivity index (χ4v) is 5.55. The predicted molar refractivity (Wildman–Crippen MR) is 182 cm³/mol. The molecule has 0 bridgehead atoms. The average Bonchev–Trinajstić information content (AvgIpc) is 3.40. The molecule has 0 radical (unpaired) electrons. The van der Waals surface area contributed by atoms with Gasteiger partial charge in [0, 0.05) is 18.2 Å². The van der Waals surface area contributed by atoms with Crippen LogP contribution in [0.5, 0.6) is 0 Å². The highest BCUT2D eigenvalue weighted by Crippen LogP contribution is 2.32. The van der Waals surface area contributed by atoms with E-state index in [2.05, 4.69) is 12.2 Å². The fourth-order valence-electron chi connectivity index (χ4n) is 5.23.